The first-order valence-corrected chi connectivity index (χ1v) is 6.11. The summed E-state index contributed by atoms with van der Waals surface area (Å²) >= 11 is 12.7. The Labute approximate surface area is 100 Å². The Morgan fingerprint density at radius 3 is 2.77 bits per heavy atom. The summed E-state index contributed by atoms with van der Waals surface area (Å²) < 4.78 is 1.03. The monoisotopic (exact) mass is 322 g/mol. The molecule has 0 aliphatic heterocycles. The average Bonchev–Trinajstić information content (AvgIpc) is 2.09. The molecule has 0 unspecified atom stereocenters. The van der Waals surface area contributed by atoms with Gasteiger partial charge in [-0.3, -0.25) is 0 Å². The molecule has 0 aromatic heterocycles. The molecule has 3 heteroatoms. The topological polar surface area (TPSA) is 0 Å². The third-order valence-corrected chi connectivity index (χ3v) is 3.38. The highest BCUT2D eigenvalue weighted by Crippen LogP contribution is 2.23. The molecular formula is C10H9Br2Cl. The lowest BCUT2D eigenvalue weighted by Crippen LogP contribution is -1.80. The molecule has 0 saturated heterocycles. The van der Waals surface area contributed by atoms with Crippen LogP contribution < -0.4 is 0 Å². The number of allylic oxidation sites excluding steroid dienone is 1. The summed E-state index contributed by atoms with van der Waals surface area (Å²) in [4.78, 5) is 0. The number of hydrogen-bond acceptors (Lipinski definition) is 0. The van der Waals surface area contributed by atoms with Crippen LogP contribution in [0.2, 0.25) is 5.02 Å². The summed E-state index contributed by atoms with van der Waals surface area (Å²) in [5.41, 5.74) is 2.43. The Balaban J connectivity index is 3.03. The van der Waals surface area contributed by atoms with Crippen LogP contribution in [0, 0.1) is 0 Å². The maximum atomic E-state index is 5.83. The van der Waals surface area contributed by atoms with E-state index in [4.69, 9.17) is 11.6 Å². The second-order valence-electron chi connectivity index (χ2n) is 2.79. The van der Waals surface area contributed by atoms with Gasteiger partial charge in [-0.1, -0.05) is 61.2 Å². The van der Waals surface area contributed by atoms with E-state index in [0.29, 0.717) is 0 Å². The molecule has 0 fully saturated rings. The Hall–Kier alpha value is 0.210. The van der Waals surface area contributed by atoms with Crippen LogP contribution in [-0.4, -0.2) is 5.33 Å². The normalized spacial score (nSPS) is 11.8. The van der Waals surface area contributed by atoms with E-state index in [1.54, 1.807) is 0 Å². The van der Waals surface area contributed by atoms with E-state index >= 15 is 0 Å². The highest BCUT2D eigenvalue weighted by atomic mass is 79.9. The van der Waals surface area contributed by atoms with Crippen molar-refractivity contribution in [1.82, 2.24) is 0 Å². The van der Waals surface area contributed by atoms with Gasteiger partial charge in [-0.05, 0) is 24.6 Å². The van der Waals surface area contributed by atoms with Gasteiger partial charge >= 0.3 is 0 Å². The summed E-state index contributed by atoms with van der Waals surface area (Å²) in [6.07, 6.45) is 2.12. The van der Waals surface area contributed by atoms with Gasteiger partial charge in [0.1, 0.15) is 0 Å². The number of hydrogen-bond donors (Lipinski definition) is 0. The summed E-state index contributed by atoms with van der Waals surface area (Å²) in [6, 6.07) is 5.78. The maximum absolute atomic E-state index is 5.83. The molecule has 70 valence electrons. The van der Waals surface area contributed by atoms with Crippen molar-refractivity contribution in [3.8, 4) is 0 Å². The van der Waals surface area contributed by atoms with Crippen molar-refractivity contribution in [3.63, 3.8) is 0 Å². The van der Waals surface area contributed by atoms with Crippen LogP contribution in [-0.2, 0) is 0 Å². The van der Waals surface area contributed by atoms with E-state index in [1.807, 2.05) is 18.2 Å². The van der Waals surface area contributed by atoms with Crippen LogP contribution in [0.4, 0.5) is 0 Å². The molecule has 0 spiro atoms. The van der Waals surface area contributed by atoms with Crippen LogP contribution in [0.15, 0.2) is 28.2 Å². The van der Waals surface area contributed by atoms with Gasteiger partial charge in [-0.2, -0.15) is 0 Å². The van der Waals surface area contributed by atoms with Gasteiger partial charge < -0.3 is 0 Å². The molecule has 0 aliphatic rings. The maximum Gasteiger partial charge on any atom is 0.0417 e. The SMILES string of the molecule is C/C(=C/c1ccc(Cl)cc1Br)CBr. The van der Waals surface area contributed by atoms with Crippen molar-refractivity contribution >= 4 is 49.5 Å². The molecule has 0 nitrogen and oxygen atoms in total. The van der Waals surface area contributed by atoms with E-state index < -0.39 is 0 Å². The van der Waals surface area contributed by atoms with Gasteiger partial charge in [-0.15, -0.1) is 0 Å². The second kappa shape index (κ2) is 5.18. The molecule has 0 radical (unpaired) electrons. The van der Waals surface area contributed by atoms with E-state index in [1.165, 1.54) is 5.57 Å². The smallest absolute Gasteiger partial charge is 0.0417 e. The number of benzene rings is 1. The Morgan fingerprint density at radius 2 is 2.23 bits per heavy atom. The van der Waals surface area contributed by atoms with Crippen molar-refractivity contribution in [3.05, 3.63) is 38.8 Å². The van der Waals surface area contributed by atoms with Gasteiger partial charge in [-0.25, -0.2) is 0 Å². The lowest BCUT2D eigenvalue weighted by atomic mass is 10.1. The third kappa shape index (κ3) is 3.45. The minimum absolute atomic E-state index is 0.750. The van der Waals surface area contributed by atoms with Crippen LogP contribution in [0.3, 0.4) is 0 Å². The Bertz CT molecular complexity index is 332. The Morgan fingerprint density at radius 1 is 1.54 bits per heavy atom. The summed E-state index contributed by atoms with van der Waals surface area (Å²) in [6.45, 7) is 2.08. The zero-order valence-corrected chi connectivity index (χ0v) is 11.1. The molecule has 13 heavy (non-hydrogen) atoms. The van der Waals surface area contributed by atoms with Gasteiger partial charge in [0, 0.05) is 14.8 Å². The quantitative estimate of drug-likeness (QED) is 0.679. The van der Waals surface area contributed by atoms with E-state index in [9.17, 15) is 0 Å². The highest BCUT2D eigenvalue weighted by Gasteiger charge is 1.97. The predicted molar refractivity (Wildman–Crippen MR) is 66.6 cm³/mol. The molecule has 0 N–H and O–H groups in total. The molecule has 0 bridgehead atoms. The lowest BCUT2D eigenvalue weighted by Gasteiger charge is -2.00. The molecule has 1 aromatic rings. The number of alkyl halides is 1. The molecule has 0 saturated carbocycles. The molecule has 0 atom stereocenters. The average molecular weight is 324 g/mol. The van der Waals surface area contributed by atoms with E-state index in [-0.39, 0.29) is 0 Å². The fourth-order valence-electron chi connectivity index (χ4n) is 0.923. The van der Waals surface area contributed by atoms with Crippen LogP contribution in [0.25, 0.3) is 6.08 Å². The van der Waals surface area contributed by atoms with Crippen LogP contribution in [0.5, 0.6) is 0 Å². The van der Waals surface area contributed by atoms with Gasteiger partial charge in [0.25, 0.3) is 0 Å². The van der Waals surface area contributed by atoms with Crippen molar-refractivity contribution in [2.75, 3.05) is 5.33 Å². The highest BCUT2D eigenvalue weighted by molar-refractivity contribution is 9.10. The van der Waals surface area contributed by atoms with Crippen molar-refractivity contribution < 1.29 is 0 Å². The summed E-state index contributed by atoms with van der Waals surface area (Å²) in [5, 5.41) is 1.64. The molecule has 0 aliphatic carbocycles. The summed E-state index contributed by atoms with van der Waals surface area (Å²) in [7, 11) is 0. The van der Waals surface area contributed by atoms with Crippen molar-refractivity contribution in [2.45, 2.75) is 6.92 Å². The predicted octanol–water partition coefficient (Wildman–Crippen LogP) is 4.90. The first-order valence-electron chi connectivity index (χ1n) is 3.81. The van der Waals surface area contributed by atoms with E-state index in [0.717, 1.165) is 20.4 Å². The largest absolute Gasteiger partial charge is 0.0880 e. The molecule has 1 rings (SSSR count). The second-order valence-corrected chi connectivity index (χ2v) is 4.64. The van der Waals surface area contributed by atoms with Crippen LogP contribution in [0.1, 0.15) is 12.5 Å². The minimum atomic E-state index is 0.750. The standard InChI is InChI=1S/C10H9Br2Cl/c1-7(6-11)4-8-2-3-9(13)5-10(8)12/h2-5H,6H2,1H3/b7-4-. The van der Waals surface area contributed by atoms with Gasteiger partial charge in [0.2, 0.25) is 0 Å². The first kappa shape index (κ1) is 11.3. The van der Waals surface area contributed by atoms with Crippen molar-refractivity contribution in [1.29, 1.82) is 0 Å². The summed E-state index contributed by atoms with van der Waals surface area (Å²) in [5.74, 6) is 0. The first-order chi connectivity index (χ1) is 6.13. The van der Waals surface area contributed by atoms with Gasteiger partial charge in [0.15, 0.2) is 0 Å². The minimum Gasteiger partial charge on any atom is -0.0880 e. The fraction of sp³-hybridized carbons (Fsp3) is 0.200. The van der Waals surface area contributed by atoms with E-state index in [2.05, 4.69) is 44.9 Å². The zero-order chi connectivity index (χ0) is 9.84. The lowest BCUT2D eigenvalue weighted by molar-refractivity contribution is 1.44. The van der Waals surface area contributed by atoms with Gasteiger partial charge in [0.05, 0.1) is 0 Å². The zero-order valence-electron chi connectivity index (χ0n) is 7.15. The molecule has 0 heterocycles. The molecule has 0 amide bonds. The fourth-order valence-corrected chi connectivity index (χ4v) is 1.88. The van der Waals surface area contributed by atoms with Crippen molar-refractivity contribution in [2.24, 2.45) is 0 Å². The molecular weight excluding hydrogens is 315 g/mol. The van der Waals surface area contributed by atoms with Crippen LogP contribution >= 0.6 is 43.5 Å². The number of halogens is 3. The third-order valence-electron chi connectivity index (χ3n) is 1.58. The Kier molecular flexibility index (Phi) is 4.50. The molecule has 1 aromatic carbocycles. The number of rotatable bonds is 2.